The molecule has 0 unspecified atom stereocenters. The van der Waals surface area contributed by atoms with Crippen LogP contribution in [-0.4, -0.2) is 55.8 Å². The molecule has 3 aromatic heterocycles. The predicted octanol–water partition coefficient (Wildman–Crippen LogP) is 3.34. The van der Waals surface area contributed by atoms with Crippen LogP contribution in [0.4, 0.5) is 14.6 Å². The standard InChI is InChI=1S/C18H17ClF2N6O/c1-10(17(28)27-3-2-18(20,21)9-27)25-15-8-22-7-14(26-15)13-6-24-16-12(13)4-11(19)5-23-16/h4-8,10H,2-3,9H2,1H3,(H,23,24)(H,25,26)/t10-/m0/s1. The van der Waals surface area contributed by atoms with Crippen molar-refractivity contribution in [3.8, 4) is 11.3 Å². The van der Waals surface area contributed by atoms with Gasteiger partial charge in [-0.3, -0.25) is 9.78 Å². The summed E-state index contributed by atoms with van der Waals surface area (Å²) in [5, 5.41) is 4.24. The van der Waals surface area contributed by atoms with Gasteiger partial charge in [-0.2, -0.15) is 0 Å². The lowest BCUT2D eigenvalue weighted by molar-refractivity contribution is -0.132. The van der Waals surface area contributed by atoms with E-state index in [4.69, 9.17) is 11.6 Å². The Bertz CT molecular complexity index is 1040. The second kappa shape index (κ2) is 6.97. The van der Waals surface area contributed by atoms with Gasteiger partial charge in [-0.05, 0) is 13.0 Å². The van der Waals surface area contributed by atoms with Crippen LogP contribution in [0.3, 0.4) is 0 Å². The van der Waals surface area contributed by atoms with Gasteiger partial charge in [-0.1, -0.05) is 11.6 Å². The van der Waals surface area contributed by atoms with Crippen molar-refractivity contribution in [3.63, 3.8) is 0 Å². The molecule has 1 saturated heterocycles. The zero-order valence-electron chi connectivity index (χ0n) is 14.9. The van der Waals surface area contributed by atoms with Gasteiger partial charge in [0.15, 0.2) is 0 Å². The van der Waals surface area contributed by atoms with Crippen molar-refractivity contribution in [2.45, 2.75) is 25.3 Å². The van der Waals surface area contributed by atoms with Crippen LogP contribution in [-0.2, 0) is 4.79 Å². The highest BCUT2D eigenvalue weighted by Crippen LogP contribution is 2.29. The fourth-order valence-corrected chi connectivity index (χ4v) is 3.39. The van der Waals surface area contributed by atoms with Gasteiger partial charge in [-0.15, -0.1) is 0 Å². The number of amides is 1. The number of hydrogen-bond acceptors (Lipinski definition) is 5. The van der Waals surface area contributed by atoms with E-state index in [9.17, 15) is 13.6 Å². The lowest BCUT2D eigenvalue weighted by Crippen LogP contribution is -2.41. The predicted molar refractivity (Wildman–Crippen MR) is 101 cm³/mol. The largest absolute Gasteiger partial charge is 0.357 e. The Morgan fingerprint density at radius 2 is 2.21 bits per heavy atom. The number of pyridine rings is 1. The number of H-pyrrole nitrogens is 1. The summed E-state index contributed by atoms with van der Waals surface area (Å²) in [6.07, 6.45) is 6.05. The molecular formula is C18H17ClF2N6O. The molecule has 1 aliphatic heterocycles. The minimum atomic E-state index is -2.82. The molecule has 4 heterocycles. The maximum Gasteiger partial charge on any atom is 0.267 e. The molecule has 0 saturated carbocycles. The summed E-state index contributed by atoms with van der Waals surface area (Å²) in [4.78, 5) is 29.5. The average Bonchev–Trinajstić information content (AvgIpc) is 3.23. The Morgan fingerprint density at radius 3 is 2.96 bits per heavy atom. The third-order valence-corrected chi connectivity index (χ3v) is 4.83. The molecule has 4 rings (SSSR count). The number of rotatable bonds is 4. The molecule has 2 N–H and O–H groups in total. The quantitative estimate of drug-likeness (QED) is 0.694. The van der Waals surface area contributed by atoms with E-state index < -0.39 is 24.4 Å². The number of fused-ring (bicyclic) bond motifs is 1. The van der Waals surface area contributed by atoms with Gasteiger partial charge in [0.25, 0.3) is 5.92 Å². The number of carbonyl (C=O) groups is 1. The van der Waals surface area contributed by atoms with Crippen molar-refractivity contribution in [3.05, 3.63) is 35.9 Å². The number of hydrogen-bond donors (Lipinski definition) is 2. The SMILES string of the molecule is C[C@H](Nc1cncc(-c2c[nH]c3ncc(Cl)cc23)n1)C(=O)N1CCC(F)(F)C1. The zero-order valence-corrected chi connectivity index (χ0v) is 15.7. The second-order valence-electron chi connectivity index (χ2n) is 6.77. The molecule has 3 aromatic rings. The number of nitrogens with one attached hydrogen (secondary N) is 2. The van der Waals surface area contributed by atoms with E-state index >= 15 is 0 Å². The third kappa shape index (κ3) is 3.62. The molecule has 7 nitrogen and oxygen atoms in total. The van der Waals surface area contributed by atoms with Crippen LogP contribution in [0.1, 0.15) is 13.3 Å². The van der Waals surface area contributed by atoms with E-state index in [0.29, 0.717) is 22.2 Å². The van der Waals surface area contributed by atoms with Gasteiger partial charge in [-0.25, -0.2) is 18.7 Å². The first-order valence-electron chi connectivity index (χ1n) is 8.71. The van der Waals surface area contributed by atoms with Crippen LogP contribution in [0.25, 0.3) is 22.3 Å². The molecule has 1 amide bonds. The Balaban J connectivity index is 1.54. The van der Waals surface area contributed by atoms with Gasteiger partial charge < -0.3 is 15.2 Å². The fraction of sp³-hybridized carbons (Fsp3) is 0.333. The summed E-state index contributed by atoms with van der Waals surface area (Å²) >= 11 is 6.03. The Kier molecular flexibility index (Phi) is 4.62. The van der Waals surface area contributed by atoms with E-state index in [2.05, 4.69) is 25.3 Å². The minimum absolute atomic E-state index is 0.0483. The third-order valence-electron chi connectivity index (χ3n) is 4.62. The molecule has 146 valence electrons. The monoisotopic (exact) mass is 406 g/mol. The lowest BCUT2D eigenvalue weighted by Gasteiger charge is -2.21. The first kappa shape index (κ1) is 18.5. The first-order valence-corrected chi connectivity index (χ1v) is 9.08. The fourth-order valence-electron chi connectivity index (χ4n) is 3.24. The second-order valence-corrected chi connectivity index (χ2v) is 7.21. The normalized spacial score (nSPS) is 17.1. The molecule has 0 aliphatic carbocycles. The van der Waals surface area contributed by atoms with Crippen molar-refractivity contribution in [2.75, 3.05) is 18.4 Å². The summed E-state index contributed by atoms with van der Waals surface area (Å²) in [7, 11) is 0. The van der Waals surface area contributed by atoms with Crippen LogP contribution in [0, 0.1) is 0 Å². The van der Waals surface area contributed by atoms with Gasteiger partial charge >= 0.3 is 0 Å². The van der Waals surface area contributed by atoms with E-state index in [1.165, 1.54) is 11.1 Å². The van der Waals surface area contributed by atoms with E-state index in [1.807, 2.05) is 0 Å². The molecule has 0 aromatic carbocycles. The van der Waals surface area contributed by atoms with Gasteiger partial charge in [0.2, 0.25) is 5.91 Å². The van der Waals surface area contributed by atoms with Crippen molar-refractivity contribution in [2.24, 2.45) is 0 Å². The summed E-state index contributed by atoms with van der Waals surface area (Å²) < 4.78 is 26.7. The lowest BCUT2D eigenvalue weighted by atomic mass is 10.1. The molecule has 0 radical (unpaired) electrons. The van der Waals surface area contributed by atoms with Crippen LogP contribution < -0.4 is 5.32 Å². The number of alkyl halides is 2. The smallest absolute Gasteiger partial charge is 0.267 e. The Labute approximate surface area is 164 Å². The highest BCUT2D eigenvalue weighted by molar-refractivity contribution is 6.31. The van der Waals surface area contributed by atoms with Crippen molar-refractivity contribution >= 4 is 34.4 Å². The summed E-state index contributed by atoms with van der Waals surface area (Å²) in [5.41, 5.74) is 1.99. The molecule has 1 fully saturated rings. The highest BCUT2D eigenvalue weighted by Gasteiger charge is 2.41. The van der Waals surface area contributed by atoms with Crippen LogP contribution in [0.15, 0.2) is 30.9 Å². The molecule has 0 bridgehead atoms. The van der Waals surface area contributed by atoms with Gasteiger partial charge in [0.1, 0.15) is 17.5 Å². The number of carbonyl (C=O) groups excluding carboxylic acids is 1. The molecule has 1 atom stereocenters. The number of aromatic nitrogens is 4. The van der Waals surface area contributed by atoms with Crippen molar-refractivity contribution in [1.82, 2.24) is 24.8 Å². The molecular weight excluding hydrogens is 390 g/mol. The summed E-state index contributed by atoms with van der Waals surface area (Å²) in [6.45, 7) is 1.11. The van der Waals surface area contributed by atoms with E-state index in [-0.39, 0.29) is 13.0 Å². The number of aromatic amines is 1. The molecule has 10 heteroatoms. The van der Waals surface area contributed by atoms with Crippen LogP contribution >= 0.6 is 11.6 Å². The first-order chi connectivity index (χ1) is 13.3. The van der Waals surface area contributed by atoms with Crippen molar-refractivity contribution < 1.29 is 13.6 Å². The van der Waals surface area contributed by atoms with Gasteiger partial charge in [0.05, 0.1) is 29.7 Å². The topological polar surface area (TPSA) is 86.8 Å². The number of anilines is 1. The number of halogens is 3. The van der Waals surface area contributed by atoms with Crippen molar-refractivity contribution in [1.29, 1.82) is 0 Å². The number of likely N-dealkylation sites (tertiary alicyclic amines) is 1. The molecule has 28 heavy (non-hydrogen) atoms. The molecule has 1 aliphatic rings. The molecule has 0 spiro atoms. The maximum absolute atomic E-state index is 13.4. The van der Waals surface area contributed by atoms with Crippen LogP contribution in [0.2, 0.25) is 5.02 Å². The van der Waals surface area contributed by atoms with Gasteiger partial charge in [0, 0.05) is 36.3 Å². The number of nitrogens with zero attached hydrogens (tertiary/aromatic N) is 4. The van der Waals surface area contributed by atoms with E-state index in [1.54, 1.807) is 31.6 Å². The summed E-state index contributed by atoms with van der Waals surface area (Å²) in [5.74, 6) is -2.85. The summed E-state index contributed by atoms with van der Waals surface area (Å²) in [6, 6.07) is 1.06. The Morgan fingerprint density at radius 1 is 1.39 bits per heavy atom. The maximum atomic E-state index is 13.4. The Hall–Kier alpha value is -2.81. The zero-order chi connectivity index (χ0) is 19.9. The highest BCUT2D eigenvalue weighted by atomic mass is 35.5. The van der Waals surface area contributed by atoms with Crippen LogP contribution in [0.5, 0.6) is 0 Å². The average molecular weight is 407 g/mol. The minimum Gasteiger partial charge on any atom is -0.357 e. The van der Waals surface area contributed by atoms with E-state index in [0.717, 1.165) is 10.9 Å².